The maximum Gasteiger partial charge on any atom is 0.330 e. The standard InChI is InChI=1S/C40H46O9/c1-21(2)11-10-16-38(9)17-15-27-32(47-38)26(13-12-22(3)4)34-30(33(27)46-24(6)41)31(42)28-19-25-20-29-37(7,8)49-39(35(25)43,40(28,29)48-34)18-14-23(5)36(44)45/h11-12,14-15,17,19,25,29H,10,13,16,18,20H2,1-9H3,(H,44,45)/b23-14+/t25-,29-,38?,39+,40-/m1/s1. The molecule has 1 aromatic carbocycles. The molecule has 1 spiro atoms. The first kappa shape index (κ1) is 34.6. The van der Waals surface area contributed by atoms with Crippen LogP contribution in [-0.4, -0.2) is 51.0 Å². The van der Waals surface area contributed by atoms with Gasteiger partial charge in [0.15, 0.2) is 28.5 Å². The summed E-state index contributed by atoms with van der Waals surface area (Å²) < 4.78 is 26.7. The number of carbonyl (C=O) groups excluding carboxylic acids is 3. The molecule has 2 fully saturated rings. The van der Waals surface area contributed by atoms with Crippen molar-refractivity contribution >= 4 is 29.6 Å². The third-order valence-electron chi connectivity index (χ3n) is 10.7. The van der Waals surface area contributed by atoms with Crippen LogP contribution in [0.25, 0.3) is 6.08 Å². The number of esters is 1. The minimum absolute atomic E-state index is 0.0535. The van der Waals surface area contributed by atoms with E-state index in [0.29, 0.717) is 36.1 Å². The van der Waals surface area contributed by atoms with Gasteiger partial charge in [0, 0.05) is 41.9 Å². The highest BCUT2D eigenvalue weighted by Gasteiger charge is 2.81. The fourth-order valence-corrected chi connectivity index (χ4v) is 8.41. The molecule has 0 radical (unpaired) electrons. The van der Waals surface area contributed by atoms with Crippen molar-refractivity contribution < 1.29 is 43.2 Å². The van der Waals surface area contributed by atoms with Crippen molar-refractivity contribution in [2.45, 2.75) is 117 Å². The lowest BCUT2D eigenvalue weighted by atomic mass is 9.51. The number of fused-ring (bicyclic) bond motifs is 2. The second kappa shape index (κ2) is 11.7. The molecule has 9 nitrogen and oxygen atoms in total. The van der Waals surface area contributed by atoms with Crippen LogP contribution in [0.1, 0.15) is 109 Å². The summed E-state index contributed by atoms with van der Waals surface area (Å²) in [5, 5.41) is 9.70. The van der Waals surface area contributed by atoms with Crippen molar-refractivity contribution in [2.75, 3.05) is 0 Å². The van der Waals surface area contributed by atoms with E-state index in [9.17, 15) is 19.5 Å². The molecule has 5 atom stereocenters. The SMILES string of the molecule is CC(=O)Oc1c2c(c(CC=C(C)C)c3c1C(=O)C1=C[C@@H]4C[C@@H]5C(C)(C)O[C@@](C/C=C(\C)C(=O)O)(C4=O)[C@@]15O3)OC(C)(CCC=C(C)C)C=C2. The highest BCUT2D eigenvalue weighted by atomic mass is 16.6. The summed E-state index contributed by atoms with van der Waals surface area (Å²) in [6, 6.07) is 0. The zero-order valence-corrected chi connectivity index (χ0v) is 29.9. The van der Waals surface area contributed by atoms with Crippen LogP contribution in [-0.2, 0) is 25.5 Å². The van der Waals surface area contributed by atoms with Gasteiger partial charge in [-0.2, -0.15) is 0 Å². The van der Waals surface area contributed by atoms with Gasteiger partial charge in [-0.25, -0.2) is 4.79 Å². The Kier molecular flexibility index (Phi) is 8.25. The zero-order chi connectivity index (χ0) is 35.8. The second-order valence-corrected chi connectivity index (χ2v) is 15.3. The summed E-state index contributed by atoms with van der Waals surface area (Å²) in [7, 11) is 0. The molecule has 49 heavy (non-hydrogen) atoms. The van der Waals surface area contributed by atoms with Gasteiger partial charge < -0.3 is 24.1 Å². The molecule has 0 aromatic heterocycles. The van der Waals surface area contributed by atoms with Crippen LogP contribution in [0.3, 0.4) is 0 Å². The summed E-state index contributed by atoms with van der Waals surface area (Å²) in [5.41, 5.74) is -1.08. The summed E-state index contributed by atoms with van der Waals surface area (Å²) in [6.45, 7) is 16.6. The number of allylic oxidation sites excluding steroid dienone is 5. The van der Waals surface area contributed by atoms with Gasteiger partial charge in [0.1, 0.15) is 22.7 Å². The molecule has 3 aliphatic heterocycles. The maximum absolute atomic E-state index is 15.1. The lowest BCUT2D eigenvalue weighted by molar-refractivity contribution is -0.171. The smallest absolute Gasteiger partial charge is 0.330 e. The molecule has 1 saturated carbocycles. The number of benzene rings is 1. The predicted molar refractivity (Wildman–Crippen MR) is 184 cm³/mol. The molecule has 1 N–H and O–H groups in total. The van der Waals surface area contributed by atoms with E-state index < -0.39 is 52.0 Å². The van der Waals surface area contributed by atoms with E-state index in [1.807, 2.05) is 66.7 Å². The van der Waals surface area contributed by atoms with E-state index in [-0.39, 0.29) is 40.4 Å². The molecule has 7 rings (SSSR count). The number of carboxylic acid groups (broad SMARTS) is 1. The van der Waals surface area contributed by atoms with Crippen LogP contribution >= 0.6 is 0 Å². The third-order valence-corrected chi connectivity index (χ3v) is 10.7. The Morgan fingerprint density at radius 1 is 0.980 bits per heavy atom. The van der Waals surface area contributed by atoms with E-state index in [2.05, 4.69) is 6.08 Å². The van der Waals surface area contributed by atoms with Crippen LogP contribution in [0.5, 0.6) is 17.2 Å². The van der Waals surface area contributed by atoms with Gasteiger partial charge in [0.25, 0.3) is 0 Å². The minimum atomic E-state index is -1.66. The Hall–Kier alpha value is -4.24. The van der Waals surface area contributed by atoms with Crippen LogP contribution in [0.15, 0.2) is 52.7 Å². The maximum atomic E-state index is 15.1. The number of rotatable bonds is 9. The normalized spacial score (nSPS) is 29.9. The third kappa shape index (κ3) is 5.23. The van der Waals surface area contributed by atoms with E-state index in [1.165, 1.54) is 25.5 Å². The van der Waals surface area contributed by atoms with Crippen molar-refractivity contribution in [1.82, 2.24) is 0 Å². The first-order valence-corrected chi connectivity index (χ1v) is 17.0. The van der Waals surface area contributed by atoms with Gasteiger partial charge in [0.2, 0.25) is 0 Å². The fourth-order valence-electron chi connectivity index (χ4n) is 8.41. The van der Waals surface area contributed by atoms with Crippen LogP contribution in [0.4, 0.5) is 0 Å². The summed E-state index contributed by atoms with van der Waals surface area (Å²) in [6.07, 6.45) is 13.3. The molecule has 1 saturated heterocycles. The number of ketones is 2. The Morgan fingerprint density at radius 3 is 2.31 bits per heavy atom. The predicted octanol–water partition coefficient (Wildman–Crippen LogP) is 7.46. The Morgan fingerprint density at radius 2 is 1.67 bits per heavy atom. The van der Waals surface area contributed by atoms with Crippen molar-refractivity contribution in [2.24, 2.45) is 11.8 Å². The number of hydrogen-bond donors (Lipinski definition) is 1. The number of hydrogen-bond acceptors (Lipinski definition) is 8. The number of aliphatic carboxylic acids is 1. The fraction of sp³-hybridized carbons (Fsp3) is 0.500. The Bertz CT molecular complexity index is 1840. The molecule has 260 valence electrons. The average Bonchev–Trinajstić information content (AvgIpc) is 3.15. The van der Waals surface area contributed by atoms with Gasteiger partial charge in [0.05, 0.1) is 11.2 Å². The Labute approximate surface area is 287 Å². The summed E-state index contributed by atoms with van der Waals surface area (Å²) >= 11 is 0. The van der Waals surface area contributed by atoms with Crippen LogP contribution < -0.4 is 14.2 Å². The number of Topliss-reactive ketones (excluding diaryl/α,β-unsaturated/α-hetero) is 2. The largest absolute Gasteiger partial charge is 0.482 e. The lowest BCUT2D eigenvalue weighted by Gasteiger charge is -2.56. The van der Waals surface area contributed by atoms with E-state index in [4.69, 9.17) is 18.9 Å². The zero-order valence-electron chi connectivity index (χ0n) is 29.9. The van der Waals surface area contributed by atoms with Gasteiger partial charge in [-0.1, -0.05) is 35.5 Å². The van der Waals surface area contributed by atoms with Gasteiger partial charge in [-0.15, -0.1) is 0 Å². The van der Waals surface area contributed by atoms with E-state index in [0.717, 1.165) is 12.0 Å². The van der Waals surface area contributed by atoms with Crippen molar-refractivity contribution in [3.63, 3.8) is 0 Å². The molecular weight excluding hydrogens is 624 g/mol. The highest BCUT2D eigenvalue weighted by Crippen LogP contribution is 2.68. The van der Waals surface area contributed by atoms with Gasteiger partial charge >= 0.3 is 11.9 Å². The van der Waals surface area contributed by atoms with Crippen LogP contribution in [0, 0.1) is 11.8 Å². The quantitative estimate of drug-likeness (QED) is 0.123. The van der Waals surface area contributed by atoms with E-state index >= 15 is 4.79 Å². The molecule has 6 aliphatic rings. The first-order chi connectivity index (χ1) is 22.9. The van der Waals surface area contributed by atoms with E-state index in [1.54, 1.807) is 6.08 Å². The first-order valence-electron chi connectivity index (χ1n) is 17.0. The molecule has 9 heteroatoms. The molecule has 1 unspecified atom stereocenters. The molecular formula is C40H46O9. The number of carboxylic acids is 1. The monoisotopic (exact) mass is 670 g/mol. The van der Waals surface area contributed by atoms with Crippen molar-refractivity contribution in [1.29, 1.82) is 0 Å². The van der Waals surface area contributed by atoms with Gasteiger partial charge in [-0.3, -0.25) is 14.4 Å². The molecule has 4 bridgehead atoms. The summed E-state index contributed by atoms with van der Waals surface area (Å²) in [5.74, 6) is -2.71. The second-order valence-electron chi connectivity index (χ2n) is 15.3. The minimum Gasteiger partial charge on any atom is -0.482 e. The molecule has 1 aromatic rings. The molecule has 0 amide bonds. The molecule has 3 heterocycles. The van der Waals surface area contributed by atoms with Gasteiger partial charge in [-0.05, 0) is 93.2 Å². The van der Waals surface area contributed by atoms with Crippen LogP contribution in [0.2, 0.25) is 0 Å². The lowest BCUT2D eigenvalue weighted by Crippen LogP contribution is -2.72. The Balaban J connectivity index is 1.64. The van der Waals surface area contributed by atoms with Crippen molar-refractivity contribution in [3.05, 3.63) is 69.4 Å². The number of ether oxygens (including phenoxy) is 4. The average molecular weight is 671 g/mol. The molecule has 3 aliphatic carbocycles. The topological polar surface area (TPSA) is 125 Å². The summed E-state index contributed by atoms with van der Waals surface area (Å²) in [4.78, 5) is 54.0. The number of carbonyl (C=O) groups is 4. The highest BCUT2D eigenvalue weighted by molar-refractivity contribution is 6.19. The van der Waals surface area contributed by atoms with Crippen molar-refractivity contribution in [3.8, 4) is 17.2 Å².